The average Bonchev–Trinajstić information content (AvgIpc) is 2.96. The summed E-state index contributed by atoms with van der Waals surface area (Å²) < 4.78 is 12.6. The third kappa shape index (κ3) is 5.08. The van der Waals surface area contributed by atoms with E-state index in [1.54, 1.807) is 7.11 Å². The van der Waals surface area contributed by atoms with Crippen LogP contribution in [0.2, 0.25) is 5.04 Å². The summed E-state index contributed by atoms with van der Waals surface area (Å²) in [4.78, 5) is 15.8. The van der Waals surface area contributed by atoms with Crippen LogP contribution in [-0.2, 0) is 9.22 Å². The molecule has 2 atom stereocenters. The highest BCUT2D eigenvalue weighted by atomic mass is 28.4. The van der Waals surface area contributed by atoms with Crippen LogP contribution in [0, 0.1) is 0 Å². The van der Waals surface area contributed by atoms with E-state index in [2.05, 4.69) is 93.6 Å². The van der Waals surface area contributed by atoms with Crippen LogP contribution in [0.15, 0.2) is 121 Å². The standard InChI is InChI=1S/C34H35NO3Si/c1-34(2,3)39(29-16-10-6-11-17-29,30-18-12-7-13-19-30)38-32-31(25-20-26-14-8-5-9-15-26)35(33(32)36)27-21-23-28(37-4)24-22-27/h5-25,31-32H,1-4H3/b25-20+/t31-,32+/m1/s1. The first-order valence-corrected chi connectivity index (χ1v) is 15.3. The van der Waals surface area contributed by atoms with Gasteiger partial charge in [0.1, 0.15) is 11.9 Å². The second kappa shape index (κ2) is 11.0. The molecule has 1 aliphatic rings. The summed E-state index contributed by atoms with van der Waals surface area (Å²) in [6.45, 7) is 6.70. The SMILES string of the molecule is COc1ccc(N2C(=O)[C@@H](O[Si](c3ccccc3)(c3ccccc3)C(C)(C)C)[C@H]2/C=C/c2ccccc2)cc1. The zero-order valence-corrected chi connectivity index (χ0v) is 24.0. The van der Waals surface area contributed by atoms with Crippen molar-refractivity contribution >= 4 is 36.4 Å². The Morgan fingerprint density at radius 3 is 1.74 bits per heavy atom. The summed E-state index contributed by atoms with van der Waals surface area (Å²) in [6.07, 6.45) is 3.57. The number of hydrogen-bond acceptors (Lipinski definition) is 3. The molecule has 198 valence electrons. The van der Waals surface area contributed by atoms with Crippen LogP contribution in [0.1, 0.15) is 26.3 Å². The van der Waals surface area contributed by atoms with Crippen molar-refractivity contribution in [1.82, 2.24) is 0 Å². The average molecular weight is 534 g/mol. The van der Waals surface area contributed by atoms with Crippen molar-refractivity contribution in [2.45, 2.75) is 38.0 Å². The fourth-order valence-electron chi connectivity index (χ4n) is 5.49. The first-order valence-electron chi connectivity index (χ1n) is 13.3. The number of benzene rings is 4. The van der Waals surface area contributed by atoms with Crippen LogP contribution in [0.5, 0.6) is 5.75 Å². The van der Waals surface area contributed by atoms with Gasteiger partial charge in [-0.1, -0.05) is 124 Å². The van der Waals surface area contributed by atoms with Crippen LogP contribution in [0.25, 0.3) is 6.08 Å². The van der Waals surface area contributed by atoms with Crippen molar-refractivity contribution in [3.63, 3.8) is 0 Å². The van der Waals surface area contributed by atoms with E-state index in [1.165, 1.54) is 0 Å². The molecule has 0 radical (unpaired) electrons. The van der Waals surface area contributed by atoms with Gasteiger partial charge in [-0.3, -0.25) is 4.79 Å². The maximum absolute atomic E-state index is 14.0. The van der Waals surface area contributed by atoms with Crippen LogP contribution >= 0.6 is 0 Å². The van der Waals surface area contributed by atoms with Gasteiger partial charge in [-0.15, -0.1) is 0 Å². The van der Waals surface area contributed by atoms with Crippen molar-refractivity contribution in [2.75, 3.05) is 12.0 Å². The summed E-state index contributed by atoms with van der Waals surface area (Å²) in [6, 6.07) is 38.5. The largest absolute Gasteiger partial charge is 0.497 e. The molecule has 39 heavy (non-hydrogen) atoms. The monoisotopic (exact) mass is 533 g/mol. The quantitative estimate of drug-likeness (QED) is 0.204. The molecule has 0 bridgehead atoms. The summed E-state index contributed by atoms with van der Waals surface area (Å²) in [5, 5.41) is 2.08. The van der Waals surface area contributed by atoms with E-state index in [1.807, 2.05) is 59.5 Å². The molecule has 1 saturated heterocycles. The van der Waals surface area contributed by atoms with Crippen molar-refractivity contribution in [3.8, 4) is 5.75 Å². The Morgan fingerprint density at radius 2 is 1.26 bits per heavy atom. The van der Waals surface area contributed by atoms with Gasteiger partial charge in [0.25, 0.3) is 14.2 Å². The van der Waals surface area contributed by atoms with Crippen LogP contribution in [0.4, 0.5) is 5.69 Å². The molecule has 4 nitrogen and oxygen atoms in total. The summed E-state index contributed by atoms with van der Waals surface area (Å²) in [5.41, 5.74) is 1.90. The van der Waals surface area contributed by atoms with Crippen molar-refractivity contribution in [3.05, 3.63) is 127 Å². The van der Waals surface area contributed by atoms with Crippen LogP contribution in [0.3, 0.4) is 0 Å². The van der Waals surface area contributed by atoms with Gasteiger partial charge in [-0.05, 0) is 45.2 Å². The van der Waals surface area contributed by atoms with Gasteiger partial charge in [0.05, 0.1) is 13.2 Å². The number of amides is 1. The van der Waals surface area contributed by atoms with Gasteiger partial charge in [0, 0.05) is 5.69 Å². The topological polar surface area (TPSA) is 38.8 Å². The van der Waals surface area contributed by atoms with Crippen LogP contribution in [-0.4, -0.2) is 33.5 Å². The normalized spacial score (nSPS) is 17.7. The van der Waals surface area contributed by atoms with E-state index in [0.717, 1.165) is 27.4 Å². The minimum absolute atomic E-state index is 0.0316. The number of carbonyl (C=O) groups is 1. The Labute approximate surface area is 232 Å². The Bertz CT molecular complexity index is 1380. The lowest BCUT2D eigenvalue weighted by atomic mass is 9.95. The fourth-order valence-corrected chi connectivity index (χ4v) is 10.1. The molecule has 5 heteroatoms. The molecule has 0 aromatic heterocycles. The van der Waals surface area contributed by atoms with Gasteiger partial charge in [-0.2, -0.15) is 0 Å². The molecule has 1 aliphatic heterocycles. The minimum Gasteiger partial charge on any atom is -0.497 e. The highest BCUT2D eigenvalue weighted by molar-refractivity contribution is 6.99. The smallest absolute Gasteiger partial charge is 0.262 e. The number of nitrogens with zero attached hydrogens (tertiary/aromatic N) is 1. The van der Waals surface area contributed by atoms with Gasteiger partial charge in [-0.25, -0.2) is 0 Å². The highest BCUT2D eigenvalue weighted by Crippen LogP contribution is 2.41. The molecule has 0 spiro atoms. The van der Waals surface area contributed by atoms with Crippen molar-refractivity contribution < 1.29 is 14.0 Å². The zero-order valence-electron chi connectivity index (χ0n) is 23.0. The second-order valence-corrected chi connectivity index (χ2v) is 15.1. The van der Waals surface area contributed by atoms with E-state index in [-0.39, 0.29) is 17.0 Å². The lowest BCUT2D eigenvalue weighted by molar-refractivity contribution is -0.133. The summed E-state index contributed by atoms with van der Waals surface area (Å²) in [7, 11) is -1.28. The zero-order chi connectivity index (χ0) is 27.5. The Hall–Kier alpha value is -3.93. The number of ether oxygens (including phenoxy) is 1. The minimum atomic E-state index is -2.92. The molecule has 4 aromatic carbocycles. The van der Waals surface area contributed by atoms with Crippen molar-refractivity contribution in [1.29, 1.82) is 0 Å². The molecule has 0 saturated carbocycles. The second-order valence-electron chi connectivity index (χ2n) is 10.9. The van der Waals surface area contributed by atoms with E-state index in [4.69, 9.17) is 9.16 Å². The van der Waals surface area contributed by atoms with E-state index >= 15 is 0 Å². The molecular weight excluding hydrogens is 498 g/mol. The predicted octanol–water partition coefficient (Wildman–Crippen LogP) is 6.07. The van der Waals surface area contributed by atoms with Gasteiger partial charge >= 0.3 is 0 Å². The molecule has 1 fully saturated rings. The Balaban J connectivity index is 1.60. The third-order valence-electron chi connectivity index (χ3n) is 7.45. The number of carbonyl (C=O) groups excluding carboxylic acids is 1. The predicted molar refractivity (Wildman–Crippen MR) is 162 cm³/mol. The number of hydrogen-bond donors (Lipinski definition) is 0. The van der Waals surface area contributed by atoms with E-state index < -0.39 is 14.4 Å². The molecule has 1 amide bonds. The lowest BCUT2D eigenvalue weighted by Crippen LogP contribution is -2.74. The highest BCUT2D eigenvalue weighted by Gasteiger charge is 2.57. The Kier molecular flexibility index (Phi) is 7.55. The molecule has 0 N–H and O–H groups in total. The number of methoxy groups -OCH3 is 1. The first-order chi connectivity index (χ1) is 18.8. The van der Waals surface area contributed by atoms with Gasteiger partial charge in [0.2, 0.25) is 0 Å². The number of anilines is 1. The Morgan fingerprint density at radius 1 is 0.744 bits per heavy atom. The fraction of sp³-hybridized carbons (Fsp3) is 0.206. The van der Waals surface area contributed by atoms with Crippen molar-refractivity contribution in [2.24, 2.45) is 0 Å². The number of rotatable bonds is 8. The first kappa shape index (κ1) is 26.7. The maximum atomic E-state index is 14.0. The van der Waals surface area contributed by atoms with E-state index in [0.29, 0.717) is 0 Å². The molecule has 5 rings (SSSR count). The lowest BCUT2D eigenvalue weighted by Gasteiger charge is -2.52. The summed E-state index contributed by atoms with van der Waals surface area (Å²) in [5.74, 6) is 0.721. The molecule has 0 aliphatic carbocycles. The molecular formula is C34H35NO3Si. The third-order valence-corrected chi connectivity index (χ3v) is 12.5. The van der Waals surface area contributed by atoms with E-state index in [9.17, 15) is 4.79 Å². The van der Waals surface area contributed by atoms with Crippen LogP contribution < -0.4 is 20.0 Å². The van der Waals surface area contributed by atoms with Gasteiger partial charge < -0.3 is 14.1 Å². The molecule has 4 aromatic rings. The molecule has 0 unspecified atom stereocenters. The maximum Gasteiger partial charge on any atom is 0.262 e. The number of β-lactam (4-membered cyclic amide) rings is 1. The van der Waals surface area contributed by atoms with Gasteiger partial charge in [0.15, 0.2) is 0 Å². The summed E-state index contributed by atoms with van der Waals surface area (Å²) >= 11 is 0. The molecule has 1 heterocycles.